The molecule has 0 saturated heterocycles. The first-order chi connectivity index (χ1) is 7.84. The minimum absolute atomic E-state index is 0.379. The molecule has 0 spiro atoms. The molecule has 0 radical (unpaired) electrons. The molecule has 2 aliphatic rings. The van der Waals surface area contributed by atoms with Crippen molar-refractivity contribution in [2.24, 2.45) is 5.92 Å². The summed E-state index contributed by atoms with van der Waals surface area (Å²) in [5, 5.41) is 15.2. The van der Waals surface area contributed by atoms with Crippen LogP contribution in [0.1, 0.15) is 36.1 Å². The number of thiophene rings is 1. The van der Waals surface area contributed by atoms with Crippen molar-refractivity contribution in [2.45, 2.75) is 37.6 Å². The van der Waals surface area contributed by atoms with Gasteiger partial charge in [-0.2, -0.15) is 5.26 Å². The zero-order chi connectivity index (χ0) is 11.0. The molecule has 84 valence electrons. The molecule has 2 nitrogen and oxygen atoms in total. The van der Waals surface area contributed by atoms with Gasteiger partial charge in [0.05, 0.1) is 6.07 Å². The van der Waals surface area contributed by atoms with Crippen LogP contribution in [0.5, 0.6) is 0 Å². The highest BCUT2D eigenvalue weighted by atomic mass is 32.1. The molecule has 0 amide bonds. The lowest BCUT2D eigenvalue weighted by molar-refractivity contribution is 0.363. The average Bonchev–Trinajstić information content (AvgIpc) is 3.02. The summed E-state index contributed by atoms with van der Waals surface area (Å²) in [4.78, 5) is 1.41. The first-order valence-corrected chi connectivity index (χ1v) is 6.95. The van der Waals surface area contributed by atoms with Gasteiger partial charge in [0, 0.05) is 10.4 Å². The molecule has 0 bridgehead atoms. The maximum absolute atomic E-state index is 9.53. The second-order valence-electron chi connectivity index (χ2n) is 4.95. The summed E-state index contributed by atoms with van der Waals surface area (Å²) in [5.74, 6) is 0.828. The van der Waals surface area contributed by atoms with E-state index in [0.717, 1.165) is 31.7 Å². The van der Waals surface area contributed by atoms with Gasteiger partial charge in [0.25, 0.3) is 0 Å². The van der Waals surface area contributed by atoms with Gasteiger partial charge in [-0.25, -0.2) is 0 Å². The minimum Gasteiger partial charge on any atom is -0.295 e. The topological polar surface area (TPSA) is 35.8 Å². The smallest absolute Gasteiger partial charge is 0.133 e. The van der Waals surface area contributed by atoms with E-state index < -0.39 is 0 Å². The van der Waals surface area contributed by atoms with Crippen LogP contribution >= 0.6 is 11.3 Å². The first kappa shape index (κ1) is 10.3. The van der Waals surface area contributed by atoms with E-state index in [4.69, 9.17) is 0 Å². The molecule has 2 aliphatic carbocycles. The fourth-order valence-corrected chi connectivity index (χ4v) is 3.54. The van der Waals surface area contributed by atoms with E-state index in [0.29, 0.717) is 0 Å². The lowest BCUT2D eigenvalue weighted by atomic mass is 9.81. The number of nitriles is 1. The van der Waals surface area contributed by atoms with Crippen LogP contribution in [-0.2, 0) is 12.0 Å². The molecule has 0 aromatic carbocycles. The highest BCUT2D eigenvalue weighted by molar-refractivity contribution is 7.10. The van der Waals surface area contributed by atoms with Gasteiger partial charge < -0.3 is 0 Å². The van der Waals surface area contributed by atoms with Gasteiger partial charge in [-0.1, -0.05) is 0 Å². The number of rotatable bonds is 3. The van der Waals surface area contributed by atoms with Crippen molar-refractivity contribution in [1.29, 1.82) is 5.26 Å². The molecule has 3 rings (SSSR count). The third kappa shape index (κ3) is 1.66. The first-order valence-electron chi connectivity index (χ1n) is 6.07. The highest BCUT2D eigenvalue weighted by Gasteiger charge is 2.38. The Kier molecular flexibility index (Phi) is 2.49. The van der Waals surface area contributed by atoms with E-state index in [2.05, 4.69) is 22.8 Å². The van der Waals surface area contributed by atoms with Crippen LogP contribution in [0.2, 0.25) is 0 Å². The second-order valence-corrected chi connectivity index (χ2v) is 5.95. The van der Waals surface area contributed by atoms with Gasteiger partial charge in [-0.15, -0.1) is 11.3 Å². The number of hydrogen-bond acceptors (Lipinski definition) is 3. The minimum atomic E-state index is -0.379. The maximum Gasteiger partial charge on any atom is 0.133 e. The van der Waals surface area contributed by atoms with E-state index >= 15 is 0 Å². The Morgan fingerprint density at radius 3 is 3.19 bits per heavy atom. The summed E-state index contributed by atoms with van der Waals surface area (Å²) in [6.45, 7) is 1.02. The van der Waals surface area contributed by atoms with E-state index in [9.17, 15) is 5.26 Å². The van der Waals surface area contributed by atoms with Gasteiger partial charge >= 0.3 is 0 Å². The second kappa shape index (κ2) is 3.87. The summed E-state index contributed by atoms with van der Waals surface area (Å²) in [7, 11) is 0. The maximum atomic E-state index is 9.53. The lowest BCUT2D eigenvalue weighted by Crippen LogP contribution is -2.44. The van der Waals surface area contributed by atoms with Gasteiger partial charge in [-0.05, 0) is 56.0 Å². The molecule has 1 saturated carbocycles. The summed E-state index contributed by atoms with van der Waals surface area (Å²) < 4.78 is 0. The highest BCUT2D eigenvalue weighted by Crippen LogP contribution is 2.39. The fourth-order valence-electron chi connectivity index (χ4n) is 2.54. The Morgan fingerprint density at radius 2 is 2.44 bits per heavy atom. The quantitative estimate of drug-likeness (QED) is 0.870. The molecule has 1 fully saturated rings. The molecule has 3 heteroatoms. The molecular formula is C13H16N2S. The number of nitrogens with zero attached hydrogens (tertiary/aromatic N) is 1. The van der Waals surface area contributed by atoms with Gasteiger partial charge in [0.1, 0.15) is 5.54 Å². The monoisotopic (exact) mass is 232 g/mol. The fraction of sp³-hybridized carbons (Fsp3) is 0.615. The molecule has 1 atom stereocenters. The zero-order valence-electron chi connectivity index (χ0n) is 9.33. The van der Waals surface area contributed by atoms with Crippen LogP contribution in [-0.4, -0.2) is 6.54 Å². The third-order valence-electron chi connectivity index (χ3n) is 3.74. The normalized spacial score (nSPS) is 28.4. The zero-order valence-corrected chi connectivity index (χ0v) is 10.1. The summed E-state index contributed by atoms with van der Waals surface area (Å²) in [5.41, 5.74) is 0.878. The SMILES string of the molecule is N#CC1(NCC2CC2)CCCc2sccc21. The van der Waals surface area contributed by atoms with E-state index in [-0.39, 0.29) is 5.54 Å². The Balaban J connectivity index is 1.87. The van der Waals surface area contributed by atoms with Gasteiger partial charge in [0.15, 0.2) is 0 Å². The van der Waals surface area contributed by atoms with Gasteiger partial charge in [-0.3, -0.25) is 5.32 Å². The van der Waals surface area contributed by atoms with Crippen molar-refractivity contribution in [3.05, 3.63) is 21.9 Å². The van der Waals surface area contributed by atoms with Crippen LogP contribution in [0.15, 0.2) is 11.4 Å². The summed E-state index contributed by atoms with van der Waals surface area (Å²) in [6, 6.07) is 4.68. The lowest BCUT2D eigenvalue weighted by Gasteiger charge is -2.32. The van der Waals surface area contributed by atoms with Crippen LogP contribution in [0.25, 0.3) is 0 Å². The van der Waals surface area contributed by atoms with Crippen molar-refractivity contribution in [2.75, 3.05) is 6.54 Å². The Hall–Kier alpha value is -0.850. The molecule has 16 heavy (non-hydrogen) atoms. The number of aryl methyl sites for hydroxylation is 1. The molecule has 1 aromatic heterocycles. The van der Waals surface area contributed by atoms with E-state index in [1.54, 1.807) is 11.3 Å². The largest absolute Gasteiger partial charge is 0.295 e. The predicted octanol–water partition coefficient (Wildman–Crippen LogP) is 2.80. The van der Waals surface area contributed by atoms with E-state index in [1.807, 2.05) is 0 Å². The average molecular weight is 232 g/mol. The molecule has 0 aliphatic heterocycles. The van der Waals surface area contributed by atoms with Crippen molar-refractivity contribution < 1.29 is 0 Å². The number of fused-ring (bicyclic) bond motifs is 1. The van der Waals surface area contributed by atoms with Crippen LogP contribution in [0.4, 0.5) is 0 Å². The van der Waals surface area contributed by atoms with Crippen molar-refractivity contribution >= 4 is 11.3 Å². The molecular weight excluding hydrogens is 216 g/mol. The molecule has 1 aromatic rings. The summed E-state index contributed by atoms with van der Waals surface area (Å²) in [6.07, 6.45) is 5.94. The Morgan fingerprint density at radius 1 is 1.56 bits per heavy atom. The third-order valence-corrected chi connectivity index (χ3v) is 4.72. The molecule has 1 unspecified atom stereocenters. The van der Waals surface area contributed by atoms with Crippen LogP contribution in [0.3, 0.4) is 0 Å². The summed E-state index contributed by atoms with van der Waals surface area (Å²) >= 11 is 1.80. The van der Waals surface area contributed by atoms with E-state index in [1.165, 1.54) is 23.3 Å². The van der Waals surface area contributed by atoms with Crippen LogP contribution < -0.4 is 5.32 Å². The molecule has 1 N–H and O–H groups in total. The predicted molar refractivity (Wildman–Crippen MR) is 65.3 cm³/mol. The number of nitrogens with one attached hydrogen (secondary N) is 1. The Labute approximate surface area is 100 Å². The number of hydrogen-bond donors (Lipinski definition) is 1. The standard InChI is InChI=1S/C13H16N2S/c14-9-13(15-8-10-3-4-10)6-1-2-12-11(13)5-7-16-12/h5,7,10,15H,1-4,6,8H2. The molecule has 1 heterocycles. The van der Waals surface area contributed by atoms with Crippen molar-refractivity contribution in [1.82, 2.24) is 5.32 Å². The van der Waals surface area contributed by atoms with Crippen LogP contribution in [0, 0.1) is 17.2 Å². The van der Waals surface area contributed by atoms with Gasteiger partial charge in [0.2, 0.25) is 0 Å². The van der Waals surface area contributed by atoms with Crippen molar-refractivity contribution in [3.8, 4) is 6.07 Å². The Bertz CT molecular complexity index is 427. The van der Waals surface area contributed by atoms with Crippen molar-refractivity contribution in [3.63, 3.8) is 0 Å².